The number of halogens is 1. The molecular formula is C20H29ClN4O2. The van der Waals surface area contributed by atoms with Gasteiger partial charge in [0, 0.05) is 17.8 Å². The van der Waals surface area contributed by atoms with Crippen molar-refractivity contribution >= 4 is 29.4 Å². The Morgan fingerprint density at radius 1 is 1.30 bits per heavy atom. The fraction of sp³-hybridized carbons (Fsp3) is 0.650. The molecule has 2 saturated carbocycles. The van der Waals surface area contributed by atoms with Crippen molar-refractivity contribution in [3.63, 3.8) is 0 Å². The summed E-state index contributed by atoms with van der Waals surface area (Å²) < 4.78 is 5.35. The zero-order valence-electron chi connectivity index (χ0n) is 16.2. The average Bonchev–Trinajstić information content (AvgIpc) is 2.96. The molecule has 0 saturated heterocycles. The standard InChI is InChI=1S/C20H28N4O2.ClH/c1-10(2)16-9-15(17-11(3)24-26-20(17)22-16)19(25)23-18-12-5-4-6-13(18)8-14(21)7-12;/h9-10,12-14,18H,4-8,21H2,1-3H3,(H,23,25);1H. The Morgan fingerprint density at radius 2 is 1.96 bits per heavy atom. The smallest absolute Gasteiger partial charge is 0.259 e. The van der Waals surface area contributed by atoms with E-state index in [9.17, 15) is 4.79 Å². The Hall–Kier alpha value is -1.66. The van der Waals surface area contributed by atoms with Crippen molar-refractivity contribution in [2.75, 3.05) is 0 Å². The van der Waals surface area contributed by atoms with Gasteiger partial charge in [0.15, 0.2) is 0 Å². The largest absolute Gasteiger partial charge is 0.349 e. The molecule has 0 aliphatic heterocycles. The van der Waals surface area contributed by atoms with Crippen LogP contribution >= 0.6 is 12.4 Å². The average molecular weight is 393 g/mol. The number of nitrogens with two attached hydrogens (primary N) is 1. The second kappa shape index (κ2) is 7.76. The maximum atomic E-state index is 13.2. The molecule has 4 rings (SSSR count). The first-order chi connectivity index (χ1) is 12.4. The molecule has 2 aliphatic carbocycles. The summed E-state index contributed by atoms with van der Waals surface area (Å²) in [7, 11) is 0. The first kappa shape index (κ1) is 20.1. The van der Waals surface area contributed by atoms with Gasteiger partial charge in [0.1, 0.15) is 0 Å². The van der Waals surface area contributed by atoms with E-state index in [1.54, 1.807) is 0 Å². The molecule has 6 nitrogen and oxygen atoms in total. The molecule has 2 bridgehead atoms. The summed E-state index contributed by atoms with van der Waals surface area (Å²) in [5, 5.41) is 8.09. The lowest BCUT2D eigenvalue weighted by atomic mass is 9.67. The topological polar surface area (TPSA) is 94.0 Å². The molecule has 2 fully saturated rings. The van der Waals surface area contributed by atoms with Crippen LogP contribution in [0.5, 0.6) is 0 Å². The Balaban J connectivity index is 0.00000210. The number of pyridine rings is 1. The number of carbonyl (C=O) groups is 1. The summed E-state index contributed by atoms with van der Waals surface area (Å²) in [6.45, 7) is 5.98. The van der Waals surface area contributed by atoms with Crippen LogP contribution in [0.3, 0.4) is 0 Å². The van der Waals surface area contributed by atoms with Crippen LogP contribution in [0.25, 0.3) is 11.1 Å². The molecule has 148 valence electrons. The second-order valence-electron chi connectivity index (χ2n) is 8.38. The second-order valence-corrected chi connectivity index (χ2v) is 8.38. The lowest BCUT2D eigenvalue weighted by Crippen LogP contribution is -2.53. The molecule has 3 N–H and O–H groups in total. The molecule has 2 aliphatic rings. The van der Waals surface area contributed by atoms with Crippen molar-refractivity contribution in [2.45, 2.75) is 70.9 Å². The summed E-state index contributed by atoms with van der Waals surface area (Å²) in [5.74, 6) is 1.16. The van der Waals surface area contributed by atoms with E-state index < -0.39 is 0 Å². The molecule has 27 heavy (non-hydrogen) atoms. The molecule has 2 unspecified atom stereocenters. The quantitative estimate of drug-likeness (QED) is 0.830. The van der Waals surface area contributed by atoms with Gasteiger partial charge in [0.05, 0.1) is 16.6 Å². The maximum Gasteiger partial charge on any atom is 0.259 e. The van der Waals surface area contributed by atoms with Crippen LogP contribution in [0.2, 0.25) is 0 Å². The molecular weight excluding hydrogens is 364 g/mol. The summed E-state index contributed by atoms with van der Waals surface area (Å²) in [6.07, 6.45) is 5.58. The first-order valence-electron chi connectivity index (χ1n) is 9.77. The number of aryl methyl sites for hydroxylation is 1. The van der Waals surface area contributed by atoms with E-state index in [1.165, 1.54) is 6.42 Å². The maximum absolute atomic E-state index is 13.2. The number of fused-ring (bicyclic) bond motifs is 3. The predicted molar refractivity (Wildman–Crippen MR) is 107 cm³/mol. The molecule has 7 heteroatoms. The highest BCUT2D eigenvalue weighted by molar-refractivity contribution is 6.06. The van der Waals surface area contributed by atoms with E-state index in [0.29, 0.717) is 28.8 Å². The van der Waals surface area contributed by atoms with Crippen LogP contribution < -0.4 is 11.1 Å². The van der Waals surface area contributed by atoms with Gasteiger partial charge >= 0.3 is 0 Å². The number of nitrogens with zero attached hydrogens (tertiary/aromatic N) is 2. The Kier molecular flexibility index (Phi) is 5.77. The Morgan fingerprint density at radius 3 is 2.59 bits per heavy atom. The molecule has 0 radical (unpaired) electrons. The van der Waals surface area contributed by atoms with Gasteiger partial charge in [0.2, 0.25) is 0 Å². The van der Waals surface area contributed by atoms with Crippen LogP contribution in [0.15, 0.2) is 10.6 Å². The number of carbonyl (C=O) groups excluding carboxylic acids is 1. The summed E-state index contributed by atoms with van der Waals surface area (Å²) in [5.41, 5.74) is 8.86. The Bertz CT molecular complexity index is 821. The van der Waals surface area contributed by atoms with Gasteiger partial charge in [-0.1, -0.05) is 25.4 Å². The van der Waals surface area contributed by atoms with Gasteiger partial charge in [-0.2, -0.15) is 0 Å². The zero-order valence-corrected chi connectivity index (χ0v) is 17.0. The van der Waals surface area contributed by atoms with Crippen molar-refractivity contribution in [3.8, 4) is 0 Å². The highest BCUT2D eigenvalue weighted by Crippen LogP contribution is 2.40. The summed E-state index contributed by atoms with van der Waals surface area (Å²) in [6, 6.07) is 2.40. The van der Waals surface area contributed by atoms with Crippen molar-refractivity contribution in [3.05, 3.63) is 23.0 Å². The molecule has 2 atom stereocenters. The van der Waals surface area contributed by atoms with Crippen molar-refractivity contribution in [1.82, 2.24) is 15.5 Å². The summed E-state index contributed by atoms with van der Waals surface area (Å²) in [4.78, 5) is 17.8. The van der Waals surface area contributed by atoms with E-state index in [1.807, 2.05) is 13.0 Å². The first-order valence-corrected chi connectivity index (χ1v) is 9.77. The minimum Gasteiger partial charge on any atom is -0.349 e. The zero-order chi connectivity index (χ0) is 18.4. The van der Waals surface area contributed by atoms with Crippen LogP contribution in [0, 0.1) is 18.8 Å². The third-order valence-electron chi connectivity index (χ3n) is 6.15. The van der Waals surface area contributed by atoms with Gasteiger partial charge in [-0.25, -0.2) is 4.98 Å². The van der Waals surface area contributed by atoms with E-state index >= 15 is 0 Å². The number of amides is 1. The van der Waals surface area contributed by atoms with Crippen molar-refractivity contribution in [1.29, 1.82) is 0 Å². The Labute approximate surface area is 166 Å². The number of nitrogens with one attached hydrogen (secondary N) is 1. The number of aromatic nitrogens is 2. The van der Waals surface area contributed by atoms with E-state index in [2.05, 4.69) is 29.3 Å². The van der Waals surface area contributed by atoms with Crippen molar-refractivity contribution in [2.24, 2.45) is 17.6 Å². The molecule has 2 aromatic rings. The fourth-order valence-corrected chi connectivity index (χ4v) is 4.84. The van der Waals surface area contributed by atoms with E-state index in [4.69, 9.17) is 10.3 Å². The molecule has 0 spiro atoms. The van der Waals surface area contributed by atoms with Crippen LogP contribution in [-0.4, -0.2) is 28.1 Å². The molecule has 2 heterocycles. The minimum absolute atomic E-state index is 0. The third kappa shape index (κ3) is 3.69. The SMILES string of the molecule is Cc1noc2nc(C(C)C)cc(C(=O)NC3C4CCCC3CC(N)C4)c12.Cl. The number of hydrogen-bond acceptors (Lipinski definition) is 5. The highest BCUT2D eigenvalue weighted by Gasteiger charge is 2.40. The number of rotatable bonds is 3. The van der Waals surface area contributed by atoms with Crippen LogP contribution in [0.1, 0.15) is 73.6 Å². The monoisotopic (exact) mass is 392 g/mol. The van der Waals surface area contributed by atoms with Crippen LogP contribution in [-0.2, 0) is 0 Å². The number of hydrogen-bond donors (Lipinski definition) is 2. The third-order valence-corrected chi connectivity index (χ3v) is 6.15. The summed E-state index contributed by atoms with van der Waals surface area (Å²) >= 11 is 0. The minimum atomic E-state index is -0.0389. The van der Waals surface area contributed by atoms with Crippen LogP contribution in [0.4, 0.5) is 0 Å². The predicted octanol–water partition coefficient (Wildman–Crippen LogP) is 3.71. The highest BCUT2D eigenvalue weighted by atomic mass is 35.5. The van der Waals surface area contributed by atoms with Crippen molar-refractivity contribution < 1.29 is 9.32 Å². The lowest BCUT2D eigenvalue weighted by Gasteiger charge is -2.45. The van der Waals surface area contributed by atoms with E-state index in [-0.39, 0.29) is 36.3 Å². The normalized spacial score (nSPS) is 27.4. The molecule has 1 amide bonds. The molecule has 2 aromatic heterocycles. The fourth-order valence-electron chi connectivity index (χ4n) is 4.84. The van der Waals surface area contributed by atoms with Gasteiger partial charge in [0.25, 0.3) is 11.6 Å². The lowest BCUT2D eigenvalue weighted by molar-refractivity contribution is 0.0757. The van der Waals surface area contributed by atoms with E-state index in [0.717, 1.165) is 36.8 Å². The van der Waals surface area contributed by atoms with Gasteiger partial charge < -0.3 is 15.6 Å². The van der Waals surface area contributed by atoms with Gasteiger partial charge in [-0.3, -0.25) is 4.79 Å². The molecule has 0 aromatic carbocycles. The van der Waals surface area contributed by atoms with Gasteiger partial charge in [-0.05, 0) is 56.4 Å². The van der Waals surface area contributed by atoms with Gasteiger partial charge in [-0.15, -0.1) is 12.4 Å².